The number of aliphatic imine (C=N–C) groups is 1. The van der Waals surface area contributed by atoms with Gasteiger partial charge in [-0.25, -0.2) is 0 Å². The summed E-state index contributed by atoms with van der Waals surface area (Å²) >= 11 is 1.33. The van der Waals surface area contributed by atoms with Crippen molar-refractivity contribution < 1.29 is 14.3 Å². The van der Waals surface area contributed by atoms with E-state index in [2.05, 4.69) is 10.1 Å². The van der Waals surface area contributed by atoms with E-state index in [-0.39, 0.29) is 17.3 Å². The van der Waals surface area contributed by atoms with Crippen LogP contribution < -0.4 is 9.47 Å². The Kier molecular flexibility index (Phi) is 4.63. The first-order valence-electron chi connectivity index (χ1n) is 7.66. The molecule has 25 heavy (non-hydrogen) atoms. The number of amidine groups is 2. The molecule has 0 aliphatic carbocycles. The number of nitrogens with zero attached hydrogens (tertiary/aromatic N) is 3. The van der Waals surface area contributed by atoms with Crippen LogP contribution in [0.2, 0.25) is 0 Å². The number of rotatable bonds is 4. The molecular weight excluding hydrogens is 340 g/mol. The fourth-order valence-corrected chi connectivity index (χ4v) is 3.24. The molecule has 1 aromatic rings. The lowest BCUT2D eigenvalue weighted by Gasteiger charge is -2.20. The van der Waals surface area contributed by atoms with Gasteiger partial charge in [0.2, 0.25) is 5.17 Å². The molecule has 0 aromatic heterocycles. The van der Waals surface area contributed by atoms with E-state index in [0.29, 0.717) is 22.2 Å². The van der Waals surface area contributed by atoms with Gasteiger partial charge in [0.25, 0.3) is 5.91 Å². The molecule has 2 aliphatic heterocycles. The van der Waals surface area contributed by atoms with Gasteiger partial charge in [-0.1, -0.05) is 19.9 Å². The summed E-state index contributed by atoms with van der Waals surface area (Å²) in [4.78, 5) is 16.4. The monoisotopic (exact) mass is 358 g/mol. The van der Waals surface area contributed by atoms with Gasteiger partial charge in [-0.05, 0) is 35.5 Å². The zero-order valence-corrected chi connectivity index (χ0v) is 15.2. The van der Waals surface area contributed by atoms with E-state index in [9.17, 15) is 4.79 Å². The van der Waals surface area contributed by atoms with Crippen molar-refractivity contribution in [2.45, 2.75) is 13.8 Å². The predicted octanol–water partition coefficient (Wildman–Crippen LogP) is 2.98. The summed E-state index contributed by atoms with van der Waals surface area (Å²) in [5, 5.41) is 15.4. The van der Waals surface area contributed by atoms with Crippen LogP contribution in [0, 0.1) is 11.3 Å². The highest BCUT2D eigenvalue weighted by Gasteiger charge is 2.36. The molecule has 0 spiro atoms. The Labute approximate surface area is 149 Å². The number of carbonyl (C=O) groups is 1. The first-order valence-corrected chi connectivity index (χ1v) is 8.48. The zero-order chi connectivity index (χ0) is 18.1. The topological polar surface area (TPSA) is 87.3 Å². The fraction of sp³-hybridized carbons (Fsp3) is 0.294. The number of carbonyl (C=O) groups excluding carboxylic acids is 1. The van der Waals surface area contributed by atoms with Crippen LogP contribution in [0.25, 0.3) is 6.08 Å². The van der Waals surface area contributed by atoms with Gasteiger partial charge in [0.1, 0.15) is 5.04 Å². The number of methoxy groups -OCH3 is 2. The number of amides is 1. The van der Waals surface area contributed by atoms with E-state index in [1.807, 2.05) is 13.8 Å². The lowest BCUT2D eigenvalue weighted by atomic mass is 10.1. The summed E-state index contributed by atoms with van der Waals surface area (Å²) in [6.07, 6.45) is 1.61. The van der Waals surface area contributed by atoms with E-state index in [4.69, 9.17) is 14.9 Å². The molecule has 130 valence electrons. The maximum Gasteiger partial charge on any atom is 0.283 e. The van der Waals surface area contributed by atoms with E-state index in [1.54, 1.807) is 38.5 Å². The Bertz CT molecular complexity index is 842. The highest BCUT2D eigenvalue weighted by Crippen LogP contribution is 2.32. The van der Waals surface area contributed by atoms with Crippen molar-refractivity contribution in [1.82, 2.24) is 5.01 Å². The van der Waals surface area contributed by atoms with Crippen molar-refractivity contribution in [2.75, 3.05) is 14.2 Å². The van der Waals surface area contributed by atoms with Crippen LogP contribution in [0.1, 0.15) is 19.4 Å². The van der Waals surface area contributed by atoms with E-state index in [0.717, 1.165) is 5.04 Å². The third-order valence-corrected chi connectivity index (χ3v) is 4.89. The van der Waals surface area contributed by atoms with E-state index < -0.39 is 5.91 Å². The van der Waals surface area contributed by atoms with Gasteiger partial charge in [-0.2, -0.15) is 15.1 Å². The van der Waals surface area contributed by atoms with Crippen LogP contribution in [0.3, 0.4) is 0 Å². The number of benzene rings is 1. The highest BCUT2D eigenvalue weighted by molar-refractivity contribution is 8.27. The van der Waals surface area contributed by atoms with Crippen LogP contribution in [0.15, 0.2) is 33.9 Å². The van der Waals surface area contributed by atoms with Gasteiger partial charge < -0.3 is 9.47 Å². The number of hydrogen-bond acceptors (Lipinski definition) is 6. The minimum atomic E-state index is -0.446. The van der Waals surface area contributed by atoms with Crippen LogP contribution in [0.5, 0.6) is 11.5 Å². The second-order valence-electron chi connectivity index (χ2n) is 5.73. The quantitative estimate of drug-likeness (QED) is 0.836. The molecule has 0 radical (unpaired) electrons. The number of fused-ring (bicyclic) bond motifs is 1. The Morgan fingerprint density at radius 2 is 1.96 bits per heavy atom. The second kappa shape index (κ2) is 6.72. The molecule has 0 unspecified atom stereocenters. The Balaban J connectivity index is 1.97. The molecule has 0 saturated heterocycles. The molecule has 1 amide bonds. The summed E-state index contributed by atoms with van der Waals surface area (Å²) in [5.74, 6) is 0.927. The molecule has 3 rings (SSSR count). The van der Waals surface area contributed by atoms with Crippen molar-refractivity contribution in [1.29, 1.82) is 5.41 Å². The van der Waals surface area contributed by atoms with Crippen molar-refractivity contribution >= 4 is 39.8 Å². The fourth-order valence-electron chi connectivity index (χ4n) is 2.35. The number of thioether (sulfide) groups is 1. The molecule has 0 saturated carbocycles. The van der Waals surface area contributed by atoms with Gasteiger partial charge in [0.05, 0.1) is 19.8 Å². The van der Waals surface area contributed by atoms with Crippen molar-refractivity contribution in [2.24, 2.45) is 16.0 Å². The molecule has 2 aliphatic rings. The number of hydrazone groups is 1. The van der Waals surface area contributed by atoms with E-state index in [1.165, 1.54) is 16.8 Å². The molecule has 1 aromatic carbocycles. The molecule has 8 heteroatoms. The Hall–Kier alpha value is -2.61. The molecule has 0 bridgehead atoms. The third-order valence-electron chi connectivity index (χ3n) is 3.68. The maximum absolute atomic E-state index is 12.4. The standard InChI is InChI=1S/C17H18N4O3S/c1-9(2)16-20-21-14(18)11(15(22)19-17(21)25-16)7-10-5-6-12(23-3)13(8-10)24-4/h5-9,18H,1-4H3/b11-7+,18-14?. The molecule has 0 fully saturated rings. The Morgan fingerprint density at radius 3 is 2.60 bits per heavy atom. The van der Waals surface area contributed by atoms with Crippen molar-refractivity contribution in [3.05, 3.63) is 29.3 Å². The molecule has 2 heterocycles. The summed E-state index contributed by atoms with van der Waals surface area (Å²) < 4.78 is 10.5. The minimum Gasteiger partial charge on any atom is -0.493 e. The van der Waals surface area contributed by atoms with Gasteiger partial charge >= 0.3 is 0 Å². The molecule has 0 atom stereocenters. The smallest absolute Gasteiger partial charge is 0.283 e. The second-order valence-corrected chi connectivity index (χ2v) is 6.71. The molecule has 7 nitrogen and oxygen atoms in total. The lowest BCUT2D eigenvalue weighted by molar-refractivity contribution is -0.114. The third kappa shape index (κ3) is 3.17. The van der Waals surface area contributed by atoms with Crippen LogP contribution in [0.4, 0.5) is 0 Å². The highest BCUT2D eigenvalue weighted by atomic mass is 32.2. The van der Waals surface area contributed by atoms with E-state index >= 15 is 0 Å². The number of nitrogens with one attached hydrogen (secondary N) is 1. The van der Waals surface area contributed by atoms with Gasteiger partial charge in [0, 0.05) is 5.92 Å². The first-order chi connectivity index (χ1) is 11.9. The maximum atomic E-state index is 12.4. The summed E-state index contributed by atoms with van der Waals surface area (Å²) in [6.45, 7) is 4.02. The molecule has 1 N–H and O–H groups in total. The minimum absolute atomic E-state index is 0.0212. The predicted molar refractivity (Wildman–Crippen MR) is 99.4 cm³/mol. The first kappa shape index (κ1) is 17.2. The SMILES string of the molecule is COc1ccc(/C=C2\C(=N)N3N=C(C(C)C)SC3=NC2=O)cc1OC. The number of ether oxygens (including phenoxy) is 2. The van der Waals surface area contributed by atoms with Gasteiger partial charge in [-0.3, -0.25) is 10.2 Å². The zero-order valence-electron chi connectivity index (χ0n) is 14.4. The van der Waals surface area contributed by atoms with Gasteiger partial charge in [0.15, 0.2) is 17.3 Å². The average molecular weight is 358 g/mol. The van der Waals surface area contributed by atoms with Crippen LogP contribution in [-0.4, -0.2) is 41.2 Å². The number of hydrogen-bond donors (Lipinski definition) is 1. The lowest BCUT2D eigenvalue weighted by Crippen LogP contribution is -2.35. The summed E-state index contributed by atoms with van der Waals surface area (Å²) in [6, 6.07) is 5.28. The summed E-state index contributed by atoms with van der Waals surface area (Å²) in [5.41, 5.74) is 0.898. The van der Waals surface area contributed by atoms with Crippen molar-refractivity contribution in [3.63, 3.8) is 0 Å². The van der Waals surface area contributed by atoms with Crippen LogP contribution >= 0.6 is 11.8 Å². The Morgan fingerprint density at radius 1 is 1.24 bits per heavy atom. The van der Waals surface area contributed by atoms with Crippen LogP contribution in [-0.2, 0) is 4.79 Å². The van der Waals surface area contributed by atoms with Gasteiger partial charge in [-0.15, -0.1) is 0 Å². The molecular formula is C17H18N4O3S. The largest absolute Gasteiger partial charge is 0.493 e. The average Bonchev–Trinajstić information content (AvgIpc) is 3.02. The normalized spacial score (nSPS) is 18.4. The summed E-state index contributed by atoms with van der Waals surface area (Å²) in [7, 11) is 3.10. The van der Waals surface area contributed by atoms with Crippen molar-refractivity contribution in [3.8, 4) is 11.5 Å².